The summed E-state index contributed by atoms with van der Waals surface area (Å²) in [6.07, 6.45) is 4.86. The van der Waals surface area contributed by atoms with Gasteiger partial charge in [0.15, 0.2) is 6.10 Å². The SMILES string of the molecule is O=C(O)C1CCC(CNCCCN2CCCC2)O1. The third-order valence-electron chi connectivity index (χ3n) is 3.78. The number of nitrogens with one attached hydrogen (secondary N) is 1. The van der Waals surface area contributed by atoms with Crippen molar-refractivity contribution in [1.29, 1.82) is 0 Å². The van der Waals surface area contributed by atoms with Crippen molar-refractivity contribution in [2.45, 2.75) is 44.3 Å². The molecule has 2 rings (SSSR count). The van der Waals surface area contributed by atoms with Gasteiger partial charge in [-0.05, 0) is 58.3 Å². The third-order valence-corrected chi connectivity index (χ3v) is 3.78. The van der Waals surface area contributed by atoms with Crippen LogP contribution >= 0.6 is 0 Å². The monoisotopic (exact) mass is 256 g/mol. The van der Waals surface area contributed by atoms with Crippen molar-refractivity contribution >= 4 is 5.97 Å². The van der Waals surface area contributed by atoms with E-state index in [1.54, 1.807) is 0 Å². The Bertz CT molecular complexity index is 267. The average molecular weight is 256 g/mol. The summed E-state index contributed by atoms with van der Waals surface area (Å²) < 4.78 is 5.43. The van der Waals surface area contributed by atoms with Gasteiger partial charge in [-0.2, -0.15) is 0 Å². The van der Waals surface area contributed by atoms with Gasteiger partial charge in [0.25, 0.3) is 0 Å². The molecule has 0 aromatic heterocycles. The van der Waals surface area contributed by atoms with E-state index < -0.39 is 12.1 Å². The fraction of sp³-hybridized carbons (Fsp3) is 0.923. The average Bonchev–Trinajstić information content (AvgIpc) is 2.98. The van der Waals surface area contributed by atoms with E-state index in [1.807, 2.05) is 0 Å². The van der Waals surface area contributed by atoms with Gasteiger partial charge >= 0.3 is 5.97 Å². The Hall–Kier alpha value is -0.650. The third kappa shape index (κ3) is 4.23. The number of nitrogens with zero attached hydrogens (tertiary/aromatic N) is 1. The van der Waals surface area contributed by atoms with Crippen molar-refractivity contribution in [2.24, 2.45) is 0 Å². The summed E-state index contributed by atoms with van der Waals surface area (Å²) in [7, 11) is 0. The number of carbonyl (C=O) groups is 1. The number of ether oxygens (including phenoxy) is 1. The summed E-state index contributed by atoms with van der Waals surface area (Å²) in [5, 5.41) is 12.2. The number of carboxylic acid groups (broad SMARTS) is 1. The van der Waals surface area contributed by atoms with E-state index >= 15 is 0 Å². The molecule has 2 N–H and O–H groups in total. The second-order valence-corrected chi connectivity index (χ2v) is 5.27. The lowest BCUT2D eigenvalue weighted by molar-refractivity contribution is -0.149. The zero-order valence-electron chi connectivity index (χ0n) is 10.9. The van der Waals surface area contributed by atoms with Crippen LogP contribution in [-0.2, 0) is 9.53 Å². The topological polar surface area (TPSA) is 61.8 Å². The summed E-state index contributed by atoms with van der Waals surface area (Å²) in [6, 6.07) is 0. The predicted molar refractivity (Wildman–Crippen MR) is 68.7 cm³/mol. The minimum Gasteiger partial charge on any atom is -0.479 e. The molecule has 2 aliphatic heterocycles. The molecule has 0 amide bonds. The molecule has 0 aromatic carbocycles. The van der Waals surface area contributed by atoms with Crippen LogP contribution in [-0.4, -0.2) is 60.9 Å². The maximum absolute atomic E-state index is 10.7. The van der Waals surface area contributed by atoms with E-state index in [9.17, 15) is 4.79 Å². The zero-order valence-corrected chi connectivity index (χ0v) is 10.9. The second kappa shape index (κ2) is 7.07. The number of rotatable bonds is 7. The maximum Gasteiger partial charge on any atom is 0.332 e. The van der Waals surface area contributed by atoms with Crippen molar-refractivity contribution in [2.75, 3.05) is 32.7 Å². The van der Waals surface area contributed by atoms with Gasteiger partial charge < -0.3 is 20.1 Å². The molecule has 2 unspecified atom stereocenters. The summed E-state index contributed by atoms with van der Waals surface area (Å²) in [6.45, 7) is 5.46. The fourth-order valence-electron chi connectivity index (χ4n) is 2.73. The smallest absolute Gasteiger partial charge is 0.332 e. The highest BCUT2D eigenvalue weighted by Gasteiger charge is 2.29. The molecule has 18 heavy (non-hydrogen) atoms. The molecule has 2 atom stereocenters. The van der Waals surface area contributed by atoms with Crippen LogP contribution in [0.3, 0.4) is 0 Å². The van der Waals surface area contributed by atoms with Gasteiger partial charge in [-0.25, -0.2) is 4.79 Å². The molecule has 104 valence electrons. The van der Waals surface area contributed by atoms with Crippen molar-refractivity contribution in [3.8, 4) is 0 Å². The zero-order chi connectivity index (χ0) is 12.8. The van der Waals surface area contributed by atoms with Crippen molar-refractivity contribution in [3.63, 3.8) is 0 Å². The lowest BCUT2D eigenvalue weighted by Gasteiger charge is -2.15. The largest absolute Gasteiger partial charge is 0.479 e. The summed E-state index contributed by atoms with van der Waals surface area (Å²) in [5.41, 5.74) is 0. The molecule has 2 saturated heterocycles. The molecule has 2 heterocycles. The molecule has 2 aliphatic rings. The molecular weight excluding hydrogens is 232 g/mol. The van der Waals surface area contributed by atoms with E-state index in [4.69, 9.17) is 9.84 Å². The highest BCUT2D eigenvalue weighted by molar-refractivity contribution is 5.72. The number of likely N-dealkylation sites (tertiary alicyclic amines) is 1. The van der Waals surface area contributed by atoms with Gasteiger partial charge in [0, 0.05) is 6.54 Å². The molecule has 0 aromatic rings. The Morgan fingerprint density at radius 3 is 2.78 bits per heavy atom. The van der Waals surface area contributed by atoms with E-state index in [2.05, 4.69) is 10.2 Å². The van der Waals surface area contributed by atoms with E-state index in [1.165, 1.54) is 32.5 Å². The molecule has 5 heteroatoms. The molecule has 5 nitrogen and oxygen atoms in total. The Labute approximate surface area is 108 Å². The van der Waals surface area contributed by atoms with Crippen molar-refractivity contribution in [1.82, 2.24) is 10.2 Å². The Morgan fingerprint density at radius 2 is 2.11 bits per heavy atom. The van der Waals surface area contributed by atoms with Crippen LogP contribution < -0.4 is 5.32 Å². The molecule has 0 spiro atoms. The first kappa shape index (κ1) is 13.8. The normalized spacial score (nSPS) is 28.9. The first-order valence-electron chi connectivity index (χ1n) is 7.07. The van der Waals surface area contributed by atoms with Crippen molar-refractivity contribution in [3.05, 3.63) is 0 Å². The van der Waals surface area contributed by atoms with Gasteiger partial charge in [0.05, 0.1) is 6.10 Å². The first-order chi connectivity index (χ1) is 8.75. The van der Waals surface area contributed by atoms with Gasteiger partial charge in [-0.1, -0.05) is 0 Å². The number of hydrogen-bond acceptors (Lipinski definition) is 4. The van der Waals surface area contributed by atoms with Crippen LogP contribution in [0.1, 0.15) is 32.1 Å². The van der Waals surface area contributed by atoms with Gasteiger partial charge in [-0.15, -0.1) is 0 Å². The number of carboxylic acids is 1. The summed E-state index contributed by atoms with van der Waals surface area (Å²) in [4.78, 5) is 13.2. The summed E-state index contributed by atoms with van der Waals surface area (Å²) in [5.74, 6) is -0.827. The molecule has 0 bridgehead atoms. The fourth-order valence-corrected chi connectivity index (χ4v) is 2.73. The number of hydrogen-bond donors (Lipinski definition) is 2. The lowest BCUT2D eigenvalue weighted by Crippen LogP contribution is -2.31. The lowest BCUT2D eigenvalue weighted by atomic mass is 10.2. The molecule has 0 saturated carbocycles. The minimum absolute atomic E-state index is 0.0814. The molecule has 0 aliphatic carbocycles. The number of aliphatic carboxylic acids is 1. The van der Waals surface area contributed by atoms with Crippen LogP contribution in [0.25, 0.3) is 0 Å². The van der Waals surface area contributed by atoms with Gasteiger partial charge in [0.2, 0.25) is 0 Å². The molecule has 2 fully saturated rings. The van der Waals surface area contributed by atoms with Crippen LogP contribution in [0, 0.1) is 0 Å². The Kier molecular flexibility index (Phi) is 5.41. The van der Waals surface area contributed by atoms with Gasteiger partial charge in [-0.3, -0.25) is 0 Å². The quantitative estimate of drug-likeness (QED) is 0.656. The molecule has 0 radical (unpaired) electrons. The Balaban J connectivity index is 1.47. The van der Waals surface area contributed by atoms with Gasteiger partial charge in [0.1, 0.15) is 0 Å². The van der Waals surface area contributed by atoms with E-state index in [0.29, 0.717) is 6.42 Å². The minimum atomic E-state index is -0.827. The van der Waals surface area contributed by atoms with Crippen LogP contribution in [0.4, 0.5) is 0 Å². The molecular formula is C13H24N2O3. The van der Waals surface area contributed by atoms with E-state index in [-0.39, 0.29) is 6.10 Å². The Morgan fingerprint density at radius 1 is 1.33 bits per heavy atom. The maximum atomic E-state index is 10.7. The second-order valence-electron chi connectivity index (χ2n) is 5.27. The van der Waals surface area contributed by atoms with Crippen molar-refractivity contribution < 1.29 is 14.6 Å². The van der Waals surface area contributed by atoms with Crippen LogP contribution in [0.2, 0.25) is 0 Å². The summed E-state index contributed by atoms with van der Waals surface area (Å²) >= 11 is 0. The standard InChI is InChI=1S/C13H24N2O3/c16-13(17)12-5-4-11(18-12)10-14-6-3-9-15-7-1-2-8-15/h11-12,14H,1-10H2,(H,16,17). The van der Waals surface area contributed by atoms with E-state index in [0.717, 1.165) is 25.9 Å². The van der Waals surface area contributed by atoms with Crippen LogP contribution in [0.5, 0.6) is 0 Å². The highest BCUT2D eigenvalue weighted by atomic mass is 16.5. The van der Waals surface area contributed by atoms with Crippen LogP contribution in [0.15, 0.2) is 0 Å². The predicted octanol–water partition coefficient (Wildman–Crippen LogP) is 0.694. The first-order valence-corrected chi connectivity index (χ1v) is 7.07. The highest BCUT2D eigenvalue weighted by Crippen LogP contribution is 2.19.